The van der Waals surface area contributed by atoms with Gasteiger partial charge in [0.25, 0.3) is 10.1 Å². The highest BCUT2D eigenvalue weighted by Crippen LogP contribution is 2.19. The number of hydrogen-bond acceptors (Lipinski definition) is 3. The number of rotatable bonds is 17. The van der Waals surface area contributed by atoms with Crippen molar-refractivity contribution in [2.45, 2.75) is 108 Å². The lowest BCUT2D eigenvalue weighted by Gasteiger charge is -2.13. The third-order valence-electron chi connectivity index (χ3n) is 4.49. The maximum absolute atomic E-state index is 11.4. The molecule has 0 radical (unpaired) electrons. The van der Waals surface area contributed by atoms with E-state index in [1.807, 2.05) is 0 Å². The second kappa shape index (κ2) is 15.4. The fraction of sp³-hybridized carbons (Fsp3) is 1.00. The fourth-order valence-electron chi connectivity index (χ4n) is 2.96. The molecule has 0 aliphatic rings. The van der Waals surface area contributed by atoms with Gasteiger partial charge in [-0.2, -0.15) is 8.42 Å². The Bertz CT molecular complexity index is 341. The minimum absolute atomic E-state index is 0.299. The van der Waals surface area contributed by atoms with Crippen molar-refractivity contribution in [1.82, 2.24) is 0 Å². The number of unbranched alkanes of at least 4 members (excludes halogenated alkanes) is 11. The largest absolute Gasteiger partial charge is 0.396 e. The van der Waals surface area contributed by atoms with Crippen molar-refractivity contribution >= 4 is 10.1 Å². The van der Waals surface area contributed by atoms with Gasteiger partial charge in [-0.1, -0.05) is 84.0 Å². The van der Waals surface area contributed by atoms with Crippen LogP contribution >= 0.6 is 0 Å². The van der Waals surface area contributed by atoms with Crippen LogP contribution in [-0.4, -0.2) is 29.9 Å². The predicted molar refractivity (Wildman–Crippen MR) is 97.4 cm³/mol. The Morgan fingerprint density at radius 3 is 1.48 bits per heavy atom. The third kappa shape index (κ3) is 15.2. The first-order chi connectivity index (χ1) is 11.0. The van der Waals surface area contributed by atoms with Gasteiger partial charge in [-0.15, -0.1) is 0 Å². The van der Waals surface area contributed by atoms with E-state index >= 15 is 0 Å². The van der Waals surface area contributed by atoms with E-state index in [0.29, 0.717) is 19.4 Å². The number of hydrogen-bond donors (Lipinski definition) is 2. The average molecular weight is 351 g/mol. The Kier molecular flexibility index (Phi) is 15.3. The fourth-order valence-corrected chi connectivity index (χ4v) is 3.89. The molecule has 4 nitrogen and oxygen atoms in total. The Balaban J connectivity index is 3.63. The van der Waals surface area contributed by atoms with Crippen LogP contribution in [0.1, 0.15) is 103 Å². The zero-order valence-electron chi connectivity index (χ0n) is 15.0. The molecule has 0 rings (SSSR count). The van der Waals surface area contributed by atoms with Gasteiger partial charge in [-0.25, -0.2) is 0 Å². The molecule has 0 saturated heterocycles. The van der Waals surface area contributed by atoms with Crippen LogP contribution in [0.25, 0.3) is 0 Å². The molecule has 0 aromatic rings. The van der Waals surface area contributed by atoms with Gasteiger partial charge in [0.1, 0.15) is 0 Å². The first-order valence-corrected chi connectivity index (χ1v) is 11.1. The minimum Gasteiger partial charge on any atom is -0.396 e. The van der Waals surface area contributed by atoms with E-state index in [9.17, 15) is 13.0 Å². The SMILES string of the molecule is CCCCCCC(CCCCCCCCCCCO)S(=O)(=O)O. The van der Waals surface area contributed by atoms with Gasteiger partial charge in [-0.3, -0.25) is 4.55 Å². The molecule has 0 aromatic heterocycles. The summed E-state index contributed by atoms with van der Waals surface area (Å²) in [5, 5.41) is 8.13. The van der Waals surface area contributed by atoms with Gasteiger partial charge in [0.05, 0.1) is 5.25 Å². The van der Waals surface area contributed by atoms with Crippen LogP contribution in [0.15, 0.2) is 0 Å². The zero-order valence-corrected chi connectivity index (χ0v) is 15.8. The van der Waals surface area contributed by atoms with Gasteiger partial charge >= 0.3 is 0 Å². The van der Waals surface area contributed by atoms with Crippen molar-refractivity contribution in [3.05, 3.63) is 0 Å². The molecule has 0 spiro atoms. The van der Waals surface area contributed by atoms with Crippen molar-refractivity contribution in [3.8, 4) is 0 Å². The Labute approximate surface area is 143 Å². The summed E-state index contributed by atoms with van der Waals surface area (Å²) >= 11 is 0. The van der Waals surface area contributed by atoms with Crippen LogP contribution in [0.3, 0.4) is 0 Å². The molecule has 0 aliphatic carbocycles. The molecule has 1 unspecified atom stereocenters. The summed E-state index contributed by atoms with van der Waals surface area (Å²) in [5.41, 5.74) is 0. The highest BCUT2D eigenvalue weighted by atomic mass is 32.2. The van der Waals surface area contributed by atoms with Crippen LogP contribution in [0.4, 0.5) is 0 Å². The predicted octanol–water partition coefficient (Wildman–Crippen LogP) is 5.11. The number of aliphatic hydroxyl groups excluding tert-OH is 1. The molecule has 0 aliphatic heterocycles. The summed E-state index contributed by atoms with van der Waals surface area (Å²) in [6.07, 6.45) is 15.4. The van der Waals surface area contributed by atoms with Gasteiger partial charge < -0.3 is 5.11 Å². The summed E-state index contributed by atoms with van der Waals surface area (Å²) in [6.45, 7) is 2.43. The summed E-state index contributed by atoms with van der Waals surface area (Å²) in [5.74, 6) is 0. The van der Waals surface area contributed by atoms with Crippen LogP contribution < -0.4 is 0 Å². The summed E-state index contributed by atoms with van der Waals surface area (Å²) in [7, 11) is -3.88. The van der Waals surface area contributed by atoms with Crippen molar-refractivity contribution < 1.29 is 18.1 Å². The highest BCUT2D eigenvalue weighted by molar-refractivity contribution is 7.86. The van der Waals surface area contributed by atoms with E-state index < -0.39 is 15.4 Å². The first-order valence-electron chi connectivity index (χ1n) is 9.59. The quantitative estimate of drug-likeness (QED) is 0.282. The average Bonchev–Trinajstić information content (AvgIpc) is 2.50. The lowest BCUT2D eigenvalue weighted by molar-refractivity contribution is 0.282. The first kappa shape index (κ1) is 22.9. The summed E-state index contributed by atoms with van der Waals surface area (Å²) in [6, 6.07) is 0. The van der Waals surface area contributed by atoms with Gasteiger partial charge in [0, 0.05) is 6.61 Å². The summed E-state index contributed by atoms with van der Waals surface area (Å²) in [4.78, 5) is 0. The van der Waals surface area contributed by atoms with Crippen molar-refractivity contribution in [3.63, 3.8) is 0 Å². The van der Waals surface area contributed by atoms with Crippen molar-refractivity contribution in [1.29, 1.82) is 0 Å². The topological polar surface area (TPSA) is 74.6 Å². The Morgan fingerprint density at radius 1 is 0.696 bits per heavy atom. The Morgan fingerprint density at radius 2 is 1.09 bits per heavy atom. The second-order valence-corrected chi connectivity index (χ2v) is 8.38. The molecule has 0 aromatic carbocycles. The molecule has 0 heterocycles. The molecule has 5 heteroatoms. The van der Waals surface area contributed by atoms with E-state index in [4.69, 9.17) is 5.11 Å². The van der Waals surface area contributed by atoms with Gasteiger partial charge in [0.2, 0.25) is 0 Å². The zero-order chi connectivity index (χ0) is 17.4. The summed E-state index contributed by atoms with van der Waals surface area (Å²) < 4.78 is 32.2. The molecule has 2 N–H and O–H groups in total. The molecular weight excluding hydrogens is 312 g/mol. The molecular formula is C18H38O4S. The highest BCUT2D eigenvalue weighted by Gasteiger charge is 2.21. The minimum atomic E-state index is -3.88. The third-order valence-corrected chi connectivity index (χ3v) is 5.80. The van der Waals surface area contributed by atoms with E-state index in [1.54, 1.807) is 0 Å². The molecule has 0 amide bonds. The van der Waals surface area contributed by atoms with E-state index in [1.165, 1.54) is 25.7 Å². The van der Waals surface area contributed by atoms with Crippen LogP contribution in [0, 0.1) is 0 Å². The maximum atomic E-state index is 11.4. The van der Waals surface area contributed by atoms with Crippen LogP contribution in [0.5, 0.6) is 0 Å². The Hall–Kier alpha value is -0.130. The van der Waals surface area contributed by atoms with E-state index in [2.05, 4.69) is 6.92 Å². The second-order valence-electron chi connectivity index (χ2n) is 6.68. The smallest absolute Gasteiger partial charge is 0.267 e. The van der Waals surface area contributed by atoms with Crippen molar-refractivity contribution in [2.24, 2.45) is 0 Å². The molecule has 0 saturated carbocycles. The van der Waals surface area contributed by atoms with Crippen LogP contribution in [0.2, 0.25) is 0 Å². The lowest BCUT2D eigenvalue weighted by atomic mass is 10.0. The lowest BCUT2D eigenvalue weighted by Crippen LogP contribution is -2.20. The molecule has 23 heavy (non-hydrogen) atoms. The monoisotopic (exact) mass is 350 g/mol. The molecule has 140 valence electrons. The molecule has 0 fully saturated rings. The normalized spacial score (nSPS) is 13.3. The van der Waals surface area contributed by atoms with E-state index in [0.717, 1.165) is 57.8 Å². The number of aliphatic hydroxyl groups is 1. The van der Waals surface area contributed by atoms with Crippen molar-refractivity contribution in [2.75, 3.05) is 6.61 Å². The van der Waals surface area contributed by atoms with E-state index in [-0.39, 0.29) is 0 Å². The van der Waals surface area contributed by atoms with Crippen LogP contribution in [-0.2, 0) is 10.1 Å². The maximum Gasteiger partial charge on any atom is 0.267 e. The molecule has 1 atom stereocenters. The molecule has 0 bridgehead atoms. The van der Waals surface area contributed by atoms with Gasteiger partial charge in [-0.05, 0) is 19.3 Å². The standard InChI is InChI=1S/C18H38O4S/c1-2-3-4-12-15-18(23(20,21)22)16-13-10-8-6-5-7-9-11-14-17-19/h18-19H,2-17H2,1H3,(H,20,21,22). The van der Waals surface area contributed by atoms with Gasteiger partial charge in [0.15, 0.2) is 0 Å².